The van der Waals surface area contributed by atoms with Crippen LogP contribution in [0.25, 0.3) is 0 Å². The number of fused-ring (bicyclic) bond motifs is 1. The first kappa shape index (κ1) is 19.4. The Morgan fingerprint density at radius 1 is 1.07 bits per heavy atom. The number of nitrogens with one attached hydrogen (secondary N) is 1. The molecule has 2 atom stereocenters. The average molecular weight is 386 g/mol. The van der Waals surface area contributed by atoms with Gasteiger partial charge in [0.2, 0.25) is 5.95 Å². The fraction of sp³-hybridized carbons (Fsp3) is 0.762. The molecule has 7 nitrogen and oxygen atoms in total. The summed E-state index contributed by atoms with van der Waals surface area (Å²) in [6, 6.07) is 1.87. The van der Waals surface area contributed by atoms with Gasteiger partial charge in [-0.2, -0.15) is 0 Å². The summed E-state index contributed by atoms with van der Waals surface area (Å²) in [6.45, 7) is 11.5. The lowest BCUT2D eigenvalue weighted by atomic mass is 9.82. The van der Waals surface area contributed by atoms with Gasteiger partial charge in [-0.15, -0.1) is 0 Å². The number of anilines is 1. The first-order chi connectivity index (χ1) is 13.8. The second-order valence-corrected chi connectivity index (χ2v) is 8.32. The van der Waals surface area contributed by atoms with E-state index in [2.05, 4.69) is 36.9 Å². The lowest BCUT2D eigenvalue weighted by Crippen LogP contribution is -2.48. The second kappa shape index (κ2) is 9.54. The monoisotopic (exact) mass is 385 g/mol. The molecular formula is C21H35N7. The van der Waals surface area contributed by atoms with Crippen LogP contribution < -0.4 is 10.2 Å². The van der Waals surface area contributed by atoms with Gasteiger partial charge in [0.15, 0.2) is 5.96 Å². The highest BCUT2D eigenvalue weighted by atomic mass is 15.3. The van der Waals surface area contributed by atoms with Gasteiger partial charge >= 0.3 is 0 Å². The molecule has 1 aromatic heterocycles. The molecule has 1 saturated carbocycles. The third kappa shape index (κ3) is 4.74. The number of aliphatic imine (C=N–C) groups is 1. The molecular weight excluding hydrogens is 350 g/mol. The lowest BCUT2D eigenvalue weighted by molar-refractivity contribution is 0.263. The zero-order valence-corrected chi connectivity index (χ0v) is 17.3. The van der Waals surface area contributed by atoms with E-state index in [1.807, 2.05) is 18.5 Å². The van der Waals surface area contributed by atoms with Gasteiger partial charge < -0.3 is 15.1 Å². The van der Waals surface area contributed by atoms with Crippen molar-refractivity contribution < 1.29 is 0 Å². The van der Waals surface area contributed by atoms with Crippen LogP contribution in [0.5, 0.6) is 0 Å². The maximum absolute atomic E-state index is 4.98. The molecule has 0 spiro atoms. The summed E-state index contributed by atoms with van der Waals surface area (Å²) < 4.78 is 0. The van der Waals surface area contributed by atoms with E-state index in [1.54, 1.807) is 0 Å². The average Bonchev–Trinajstić information content (AvgIpc) is 3.18. The van der Waals surface area contributed by atoms with Gasteiger partial charge in [0.05, 0.1) is 6.54 Å². The predicted octanol–water partition coefficient (Wildman–Crippen LogP) is 1.69. The van der Waals surface area contributed by atoms with E-state index in [0.717, 1.165) is 69.6 Å². The molecule has 0 amide bonds. The fourth-order valence-electron chi connectivity index (χ4n) is 4.93. The van der Waals surface area contributed by atoms with Crippen LogP contribution in [0.2, 0.25) is 0 Å². The van der Waals surface area contributed by atoms with Crippen LogP contribution >= 0.6 is 0 Å². The van der Waals surface area contributed by atoms with Crippen molar-refractivity contribution in [1.82, 2.24) is 25.1 Å². The fourth-order valence-corrected chi connectivity index (χ4v) is 4.93. The Morgan fingerprint density at radius 3 is 2.39 bits per heavy atom. The summed E-state index contributed by atoms with van der Waals surface area (Å²) in [7, 11) is 0. The van der Waals surface area contributed by atoms with Crippen LogP contribution in [0.15, 0.2) is 23.5 Å². The Hall–Kier alpha value is -1.89. The maximum atomic E-state index is 4.98. The molecule has 2 saturated heterocycles. The molecule has 3 fully saturated rings. The number of likely N-dealkylation sites (tertiary alicyclic amines) is 1. The Balaban J connectivity index is 1.25. The highest BCUT2D eigenvalue weighted by molar-refractivity contribution is 5.80. The molecule has 1 aliphatic carbocycles. The summed E-state index contributed by atoms with van der Waals surface area (Å²) in [5, 5.41) is 3.53. The number of rotatable bonds is 5. The summed E-state index contributed by atoms with van der Waals surface area (Å²) in [5.74, 6) is 3.77. The number of piperazine rings is 1. The Kier molecular flexibility index (Phi) is 6.62. The molecule has 3 aliphatic rings. The molecule has 0 bridgehead atoms. The van der Waals surface area contributed by atoms with Crippen LogP contribution in [-0.4, -0.2) is 84.6 Å². The molecule has 1 aromatic rings. The van der Waals surface area contributed by atoms with Crippen molar-refractivity contribution in [2.45, 2.75) is 32.6 Å². The minimum Gasteiger partial charge on any atom is -0.357 e. The highest BCUT2D eigenvalue weighted by Crippen LogP contribution is 2.35. The third-order valence-corrected chi connectivity index (χ3v) is 6.50. The quantitative estimate of drug-likeness (QED) is 0.615. The van der Waals surface area contributed by atoms with Gasteiger partial charge in [-0.1, -0.05) is 12.8 Å². The van der Waals surface area contributed by atoms with Crippen molar-refractivity contribution in [3.63, 3.8) is 0 Å². The van der Waals surface area contributed by atoms with Crippen LogP contribution in [0.3, 0.4) is 0 Å². The molecule has 1 N–H and O–H groups in total. The summed E-state index contributed by atoms with van der Waals surface area (Å²) in [5.41, 5.74) is 0. The number of aromatic nitrogens is 2. The van der Waals surface area contributed by atoms with E-state index in [9.17, 15) is 0 Å². The molecule has 2 aliphatic heterocycles. The SMILES string of the molecule is CCNC(=NCCN1CCN(c2ncccn2)CC1)N1CC2CCCCC2C1. The van der Waals surface area contributed by atoms with Gasteiger partial charge in [-0.05, 0) is 37.7 Å². The lowest BCUT2D eigenvalue weighted by Gasteiger charge is -2.34. The largest absolute Gasteiger partial charge is 0.357 e. The van der Waals surface area contributed by atoms with E-state index in [1.165, 1.54) is 38.8 Å². The molecule has 0 radical (unpaired) electrons. The summed E-state index contributed by atoms with van der Waals surface area (Å²) in [4.78, 5) is 21.0. The minimum atomic E-state index is 0.852. The van der Waals surface area contributed by atoms with Crippen LogP contribution in [0, 0.1) is 11.8 Å². The molecule has 4 rings (SSSR count). The van der Waals surface area contributed by atoms with Crippen LogP contribution in [0.4, 0.5) is 5.95 Å². The van der Waals surface area contributed by atoms with Crippen LogP contribution in [-0.2, 0) is 0 Å². The van der Waals surface area contributed by atoms with Crippen molar-refractivity contribution in [1.29, 1.82) is 0 Å². The minimum absolute atomic E-state index is 0.852. The van der Waals surface area contributed by atoms with E-state index >= 15 is 0 Å². The van der Waals surface area contributed by atoms with Crippen molar-refractivity contribution in [2.75, 3.05) is 63.8 Å². The van der Waals surface area contributed by atoms with Crippen molar-refractivity contribution in [2.24, 2.45) is 16.8 Å². The number of nitrogens with zero attached hydrogens (tertiary/aromatic N) is 6. The normalized spacial score (nSPS) is 26.4. The summed E-state index contributed by atoms with van der Waals surface area (Å²) in [6.07, 6.45) is 9.30. The van der Waals surface area contributed by atoms with E-state index in [-0.39, 0.29) is 0 Å². The summed E-state index contributed by atoms with van der Waals surface area (Å²) >= 11 is 0. The van der Waals surface area contributed by atoms with Gasteiger partial charge in [-0.3, -0.25) is 9.89 Å². The first-order valence-electron chi connectivity index (χ1n) is 11.1. The molecule has 0 aromatic carbocycles. The standard InChI is InChI=1S/C21H35N7/c1-2-22-20(28-16-18-6-3-4-7-19(18)17-28)25-10-11-26-12-14-27(15-13-26)21-23-8-5-9-24-21/h5,8-9,18-19H,2-4,6-7,10-17H2,1H3,(H,22,25). The number of hydrogen-bond acceptors (Lipinski definition) is 5. The predicted molar refractivity (Wildman–Crippen MR) is 114 cm³/mol. The maximum Gasteiger partial charge on any atom is 0.225 e. The van der Waals surface area contributed by atoms with E-state index in [4.69, 9.17) is 4.99 Å². The Morgan fingerprint density at radius 2 is 1.75 bits per heavy atom. The van der Waals surface area contributed by atoms with E-state index < -0.39 is 0 Å². The van der Waals surface area contributed by atoms with E-state index in [0.29, 0.717) is 0 Å². The zero-order chi connectivity index (χ0) is 19.2. The molecule has 3 heterocycles. The Labute approximate surface area is 169 Å². The van der Waals surface area contributed by atoms with Gasteiger partial charge in [0.1, 0.15) is 0 Å². The smallest absolute Gasteiger partial charge is 0.225 e. The first-order valence-corrected chi connectivity index (χ1v) is 11.1. The van der Waals surface area contributed by atoms with Gasteiger partial charge in [0.25, 0.3) is 0 Å². The topological polar surface area (TPSA) is 59.9 Å². The molecule has 28 heavy (non-hydrogen) atoms. The van der Waals surface area contributed by atoms with Gasteiger partial charge in [-0.25, -0.2) is 9.97 Å². The highest BCUT2D eigenvalue weighted by Gasteiger charge is 2.35. The number of guanidine groups is 1. The van der Waals surface area contributed by atoms with Crippen LogP contribution in [0.1, 0.15) is 32.6 Å². The van der Waals surface area contributed by atoms with Crippen molar-refractivity contribution >= 4 is 11.9 Å². The molecule has 154 valence electrons. The molecule has 2 unspecified atom stereocenters. The van der Waals surface area contributed by atoms with Crippen molar-refractivity contribution in [3.05, 3.63) is 18.5 Å². The number of hydrogen-bond donors (Lipinski definition) is 1. The third-order valence-electron chi connectivity index (χ3n) is 6.50. The van der Waals surface area contributed by atoms with Crippen molar-refractivity contribution in [3.8, 4) is 0 Å². The van der Waals surface area contributed by atoms with Gasteiger partial charge in [0, 0.05) is 64.8 Å². The zero-order valence-electron chi connectivity index (χ0n) is 17.3. The second-order valence-electron chi connectivity index (χ2n) is 8.32. The Bertz CT molecular complexity index is 613. The molecule has 7 heteroatoms.